The van der Waals surface area contributed by atoms with E-state index >= 15 is 0 Å². The van der Waals surface area contributed by atoms with E-state index in [1.165, 1.54) is 6.08 Å². The van der Waals surface area contributed by atoms with Crippen LogP contribution >= 0.6 is 11.8 Å². The third kappa shape index (κ3) is 7.63. The molecular weight excluding hydrogens is 174 g/mol. The Morgan fingerprint density at radius 1 is 1.67 bits per heavy atom. The molecule has 3 nitrogen and oxygen atoms in total. The summed E-state index contributed by atoms with van der Waals surface area (Å²) in [6, 6.07) is 0. The van der Waals surface area contributed by atoms with Crippen LogP contribution in [-0.2, 0) is 9.53 Å². The van der Waals surface area contributed by atoms with E-state index < -0.39 is 0 Å². The highest BCUT2D eigenvalue weighted by Gasteiger charge is 1.91. The van der Waals surface area contributed by atoms with Crippen molar-refractivity contribution in [3.63, 3.8) is 0 Å². The molecule has 0 spiro atoms. The summed E-state index contributed by atoms with van der Waals surface area (Å²) in [5.74, 6) is 0.846. The maximum Gasteiger partial charge on any atom is 0.243 e. The van der Waals surface area contributed by atoms with Crippen LogP contribution in [0.15, 0.2) is 12.7 Å². The zero-order valence-electron chi connectivity index (χ0n) is 7.34. The molecule has 0 fully saturated rings. The van der Waals surface area contributed by atoms with E-state index in [0.29, 0.717) is 13.2 Å². The van der Waals surface area contributed by atoms with Gasteiger partial charge in [-0.1, -0.05) is 6.58 Å². The first-order chi connectivity index (χ1) is 5.81. The van der Waals surface area contributed by atoms with Crippen molar-refractivity contribution in [1.82, 2.24) is 5.32 Å². The summed E-state index contributed by atoms with van der Waals surface area (Å²) >= 11 is 1.74. The highest BCUT2D eigenvalue weighted by molar-refractivity contribution is 7.98. The highest BCUT2D eigenvalue weighted by Crippen LogP contribution is 1.89. The summed E-state index contributed by atoms with van der Waals surface area (Å²) in [7, 11) is 0. The van der Waals surface area contributed by atoms with Gasteiger partial charge >= 0.3 is 0 Å². The minimum absolute atomic E-state index is 0.150. The van der Waals surface area contributed by atoms with Gasteiger partial charge in [0, 0.05) is 12.3 Å². The Labute approximate surface area is 77.6 Å². The van der Waals surface area contributed by atoms with Gasteiger partial charge in [-0.15, -0.1) is 0 Å². The van der Waals surface area contributed by atoms with Crippen LogP contribution in [0, 0.1) is 0 Å². The lowest BCUT2D eigenvalue weighted by atomic mass is 10.5. The average Bonchev–Trinajstić information content (AvgIpc) is 2.10. The molecule has 0 rings (SSSR count). The van der Waals surface area contributed by atoms with Gasteiger partial charge in [-0.2, -0.15) is 11.8 Å². The molecule has 0 bridgehead atoms. The molecule has 0 atom stereocenters. The number of hydrogen-bond acceptors (Lipinski definition) is 3. The van der Waals surface area contributed by atoms with Crippen molar-refractivity contribution in [2.45, 2.75) is 0 Å². The number of hydrogen-bond donors (Lipinski definition) is 1. The molecule has 1 N–H and O–H groups in total. The average molecular weight is 189 g/mol. The molecule has 0 saturated heterocycles. The molecule has 0 saturated carbocycles. The van der Waals surface area contributed by atoms with Crippen molar-refractivity contribution in [3.8, 4) is 0 Å². The minimum atomic E-state index is -0.150. The monoisotopic (exact) mass is 189 g/mol. The molecule has 1 amide bonds. The maximum absolute atomic E-state index is 10.6. The summed E-state index contributed by atoms with van der Waals surface area (Å²) in [6.07, 6.45) is 3.28. The van der Waals surface area contributed by atoms with Gasteiger partial charge in [0.1, 0.15) is 0 Å². The number of ether oxygens (including phenoxy) is 1. The number of carbonyl (C=O) groups is 1. The van der Waals surface area contributed by atoms with Crippen LogP contribution in [0.5, 0.6) is 0 Å². The summed E-state index contributed by atoms with van der Waals surface area (Å²) in [5.41, 5.74) is 0. The minimum Gasteiger partial charge on any atom is -0.379 e. The van der Waals surface area contributed by atoms with E-state index in [1.807, 2.05) is 6.26 Å². The lowest BCUT2D eigenvalue weighted by Crippen LogP contribution is -2.25. The van der Waals surface area contributed by atoms with Crippen molar-refractivity contribution < 1.29 is 9.53 Å². The van der Waals surface area contributed by atoms with Crippen LogP contribution in [0.3, 0.4) is 0 Å². The van der Waals surface area contributed by atoms with Crippen LogP contribution in [0.2, 0.25) is 0 Å². The van der Waals surface area contributed by atoms with Crippen LogP contribution in [0.1, 0.15) is 0 Å². The third-order valence-electron chi connectivity index (χ3n) is 1.16. The van der Waals surface area contributed by atoms with Crippen molar-refractivity contribution in [3.05, 3.63) is 12.7 Å². The number of rotatable bonds is 7. The molecule has 0 radical (unpaired) electrons. The predicted molar refractivity (Wildman–Crippen MR) is 52.4 cm³/mol. The largest absolute Gasteiger partial charge is 0.379 e. The molecule has 0 aliphatic rings. The van der Waals surface area contributed by atoms with Gasteiger partial charge in [-0.05, 0) is 12.3 Å². The van der Waals surface area contributed by atoms with Gasteiger partial charge in [-0.25, -0.2) is 0 Å². The molecule has 12 heavy (non-hydrogen) atoms. The molecule has 0 aliphatic carbocycles. The van der Waals surface area contributed by atoms with E-state index in [1.54, 1.807) is 11.8 Å². The van der Waals surface area contributed by atoms with Crippen molar-refractivity contribution in [2.24, 2.45) is 0 Å². The normalized spacial score (nSPS) is 9.42. The van der Waals surface area contributed by atoms with Crippen molar-refractivity contribution >= 4 is 17.7 Å². The van der Waals surface area contributed by atoms with Crippen molar-refractivity contribution in [2.75, 3.05) is 31.8 Å². The molecule has 0 aromatic carbocycles. The molecule has 0 unspecified atom stereocenters. The molecule has 0 aromatic heterocycles. The topological polar surface area (TPSA) is 38.3 Å². The number of amides is 1. The lowest BCUT2D eigenvalue weighted by Gasteiger charge is -2.03. The van der Waals surface area contributed by atoms with Crippen LogP contribution in [0.25, 0.3) is 0 Å². The summed E-state index contributed by atoms with van der Waals surface area (Å²) in [4.78, 5) is 10.6. The van der Waals surface area contributed by atoms with Gasteiger partial charge in [0.05, 0.1) is 13.2 Å². The molecule has 70 valence electrons. The zero-order chi connectivity index (χ0) is 9.23. The first-order valence-corrected chi connectivity index (χ1v) is 5.17. The Morgan fingerprint density at radius 2 is 2.42 bits per heavy atom. The third-order valence-corrected chi connectivity index (χ3v) is 1.74. The number of nitrogens with one attached hydrogen (secondary N) is 1. The summed E-state index contributed by atoms with van der Waals surface area (Å²) < 4.78 is 5.20. The van der Waals surface area contributed by atoms with E-state index in [0.717, 1.165) is 12.4 Å². The van der Waals surface area contributed by atoms with E-state index in [-0.39, 0.29) is 5.91 Å². The summed E-state index contributed by atoms with van der Waals surface area (Å²) in [5, 5.41) is 2.62. The van der Waals surface area contributed by atoms with Gasteiger partial charge < -0.3 is 10.1 Å². The lowest BCUT2D eigenvalue weighted by molar-refractivity contribution is -0.116. The van der Waals surface area contributed by atoms with Crippen LogP contribution in [-0.4, -0.2) is 37.7 Å². The fraction of sp³-hybridized carbons (Fsp3) is 0.625. The Bertz CT molecular complexity index is 139. The fourth-order valence-electron chi connectivity index (χ4n) is 0.563. The van der Waals surface area contributed by atoms with Gasteiger partial charge in [0.25, 0.3) is 0 Å². The SMILES string of the molecule is C=CC(=O)NCCOCCSC. The second-order valence-corrected chi connectivity index (χ2v) is 3.09. The summed E-state index contributed by atoms with van der Waals surface area (Å²) in [6.45, 7) is 5.20. The Kier molecular flexibility index (Phi) is 8.27. The second kappa shape index (κ2) is 8.62. The van der Waals surface area contributed by atoms with Gasteiger partial charge in [0.2, 0.25) is 5.91 Å². The molecular formula is C8H15NO2S. The van der Waals surface area contributed by atoms with E-state index in [4.69, 9.17) is 4.74 Å². The first-order valence-electron chi connectivity index (χ1n) is 3.78. The second-order valence-electron chi connectivity index (χ2n) is 2.10. The van der Waals surface area contributed by atoms with Gasteiger partial charge in [0.15, 0.2) is 0 Å². The predicted octanol–water partition coefficient (Wildman–Crippen LogP) is 0.668. The van der Waals surface area contributed by atoms with Gasteiger partial charge in [-0.3, -0.25) is 4.79 Å². The molecule has 0 heterocycles. The highest BCUT2D eigenvalue weighted by atomic mass is 32.2. The van der Waals surface area contributed by atoms with Crippen LogP contribution in [0.4, 0.5) is 0 Å². The maximum atomic E-state index is 10.6. The number of thioether (sulfide) groups is 1. The smallest absolute Gasteiger partial charge is 0.243 e. The van der Waals surface area contributed by atoms with Crippen molar-refractivity contribution in [1.29, 1.82) is 0 Å². The van der Waals surface area contributed by atoms with E-state index in [9.17, 15) is 4.79 Å². The Morgan fingerprint density at radius 3 is 3.00 bits per heavy atom. The number of carbonyl (C=O) groups excluding carboxylic acids is 1. The fourth-order valence-corrected chi connectivity index (χ4v) is 0.847. The standard InChI is InChI=1S/C8H15NO2S/c1-3-8(10)9-4-5-11-6-7-12-2/h3H,1,4-7H2,2H3,(H,9,10). The van der Waals surface area contributed by atoms with E-state index in [2.05, 4.69) is 11.9 Å². The quantitative estimate of drug-likeness (QED) is 0.472. The Balaban J connectivity index is 3.00. The molecule has 4 heteroatoms. The van der Waals surface area contributed by atoms with Crippen LogP contribution < -0.4 is 5.32 Å². The first kappa shape index (κ1) is 11.5. The Hall–Kier alpha value is -0.480. The molecule has 0 aromatic rings. The molecule has 0 aliphatic heterocycles. The zero-order valence-corrected chi connectivity index (χ0v) is 8.15.